The molecule has 46 heavy (non-hydrogen) atoms. The quantitative estimate of drug-likeness (QED) is 0.0951. The molecular formula is C29H47N5O11S. The van der Waals surface area contributed by atoms with Crippen molar-refractivity contribution in [2.75, 3.05) is 12.3 Å². The number of ketones is 1. The molecule has 0 bridgehead atoms. The van der Waals surface area contributed by atoms with Crippen molar-refractivity contribution in [2.45, 2.75) is 104 Å². The SMILES string of the molecule is CC[C@H](C)[C@](C)(CC(=O)[C@H](CC(=O)O)NC(=O)[C@H](C)N)C(=O)N[C@H](C(=O)N1CCC[C@H]1C(=O)N[C@@H](CS)C(=O)O)C(C)C.O=C=O. The Morgan fingerprint density at radius 2 is 1.57 bits per heavy atom. The van der Waals surface area contributed by atoms with Crippen molar-refractivity contribution in [2.24, 2.45) is 23.0 Å². The van der Waals surface area contributed by atoms with Crippen LogP contribution in [-0.2, 0) is 43.2 Å². The first-order chi connectivity index (χ1) is 21.3. The standard InChI is InChI=1S/C28H47N5O9S.CO2/c1-7-15(4)28(6,12-20(34)17(11-21(35)36)30-23(37)16(5)29)27(42)32-22(14(2)3)25(39)33-10-8-9-19(33)24(38)31-18(13-43)26(40)41;2-1-3/h14-19,22,43H,7-13,29H2,1-6H3,(H,30,37)(H,31,38)(H,32,42)(H,35,36)(H,40,41);/t15-,16-,17-,18-,19-,22-,28-;/m0./s1. The third-order valence-electron chi connectivity index (χ3n) is 8.11. The molecule has 1 heterocycles. The van der Waals surface area contributed by atoms with Crippen LogP contribution in [0.15, 0.2) is 0 Å². The number of thiol groups is 1. The molecule has 0 aromatic carbocycles. The molecule has 1 fully saturated rings. The Hall–Kier alpha value is -3.82. The number of carboxylic acid groups (broad SMARTS) is 2. The minimum absolute atomic E-state index is 0.137. The van der Waals surface area contributed by atoms with Crippen molar-refractivity contribution in [3.05, 3.63) is 0 Å². The van der Waals surface area contributed by atoms with Crippen LogP contribution in [0, 0.1) is 17.3 Å². The predicted molar refractivity (Wildman–Crippen MR) is 165 cm³/mol. The predicted octanol–water partition coefficient (Wildman–Crippen LogP) is -0.648. The summed E-state index contributed by atoms with van der Waals surface area (Å²) in [7, 11) is 0. The number of nitrogens with two attached hydrogens (primary N) is 1. The number of amides is 4. The molecule has 1 rings (SSSR count). The monoisotopic (exact) mass is 673 g/mol. The van der Waals surface area contributed by atoms with E-state index >= 15 is 0 Å². The highest BCUT2D eigenvalue weighted by Crippen LogP contribution is 2.35. The number of nitrogens with zero attached hydrogens (tertiary/aromatic N) is 1. The lowest BCUT2D eigenvalue weighted by molar-refractivity contribution is -0.191. The molecule has 1 aliphatic rings. The number of likely N-dealkylation sites (tertiary alicyclic amines) is 1. The first-order valence-corrected chi connectivity index (χ1v) is 15.5. The van der Waals surface area contributed by atoms with Gasteiger partial charge < -0.3 is 36.8 Å². The molecule has 1 aliphatic heterocycles. The topological polar surface area (TPSA) is 259 Å². The Morgan fingerprint density at radius 3 is 2.00 bits per heavy atom. The Labute approximate surface area is 273 Å². The number of nitrogens with one attached hydrogen (secondary N) is 3. The van der Waals surface area contributed by atoms with Crippen molar-refractivity contribution in [1.82, 2.24) is 20.9 Å². The van der Waals surface area contributed by atoms with Gasteiger partial charge in [0.25, 0.3) is 0 Å². The number of carboxylic acids is 2. The Kier molecular flexibility index (Phi) is 18.0. The number of Topliss-reactive ketones (excluding diaryl/α,β-unsaturated/α-hetero) is 1. The van der Waals surface area contributed by atoms with Gasteiger partial charge in [0, 0.05) is 18.7 Å². The second-order valence-electron chi connectivity index (χ2n) is 11.9. The molecule has 4 amide bonds. The summed E-state index contributed by atoms with van der Waals surface area (Å²) in [5, 5.41) is 26.1. The van der Waals surface area contributed by atoms with Crippen molar-refractivity contribution >= 4 is 60.1 Å². The van der Waals surface area contributed by atoms with Crippen LogP contribution in [-0.4, -0.2) is 105 Å². The van der Waals surface area contributed by atoms with E-state index in [0.29, 0.717) is 19.3 Å². The fraction of sp³-hybridized carbons (Fsp3) is 0.724. The van der Waals surface area contributed by atoms with E-state index in [1.165, 1.54) is 11.8 Å². The van der Waals surface area contributed by atoms with Crippen LogP contribution in [0.2, 0.25) is 0 Å². The van der Waals surface area contributed by atoms with Crippen molar-refractivity contribution in [3.63, 3.8) is 0 Å². The van der Waals surface area contributed by atoms with Gasteiger partial charge in [-0.05, 0) is 31.6 Å². The van der Waals surface area contributed by atoms with Crippen LogP contribution in [0.25, 0.3) is 0 Å². The fourth-order valence-electron chi connectivity index (χ4n) is 4.89. The first-order valence-electron chi connectivity index (χ1n) is 14.9. The van der Waals surface area contributed by atoms with Crippen LogP contribution in [0.1, 0.15) is 73.6 Å². The molecule has 0 saturated carbocycles. The van der Waals surface area contributed by atoms with Crippen LogP contribution in [0.5, 0.6) is 0 Å². The summed E-state index contributed by atoms with van der Waals surface area (Å²) in [4.78, 5) is 106. The number of carbonyl (C=O) groups is 7. The molecule has 0 radical (unpaired) electrons. The largest absolute Gasteiger partial charge is 0.481 e. The molecule has 7 atom stereocenters. The van der Waals surface area contributed by atoms with Gasteiger partial charge in [0.15, 0.2) is 5.78 Å². The normalized spacial score (nSPS) is 18.6. The van der Waals surface area contributed by atoms with Gasteiger partial charge in [-0.1, -0.05) is 41.0 Å². The third kappa shape index (κ3) is 12.2. The summed E-state index contributed by atoms with van der Waals surface area (Å²) in [6, 6.07) is -5.64. The second-order valence-corrected chi connectivity index (χ2v) is 12.2. The van der Waals surface area contributed by atoms with Crippen LogP contribution < -0.4 is 21.7 Å². The molecule has 1 saturated heterocycles. The molecule has 0 unspecified atom stereocenters. The van der Waals surface area contributed by atoms with Crippen LogP contribution in [0.4, 0.5) is 0 Å². The van der Waals surface area contributed by atoms with Gasteiger partial charge in [-0.25, -0.2) is 4.79 Å². The van der Waals surface area contributed by atoms with Gasteiger partial charge in [-0.3, -0.25) is 28.8 Å². The summed E-state index contributed by atoms with van der Waals surface area (Å²) >= 11 is 3.96. The highest BCUT2D eigenvalue weighted by Gasteiger charge is 2.45. The van der Waals surface area contributed by atoms with E-state index in [2.05, 4.69) is 28.6 Å². The number of rotatable bonds is 17. The maximum absolute atomic E-state index is 13.9. The average Bonchev–Trinajstić information content (AvgIpc) is 3.47. The lowest BCUT2D eigenvalue weighted by Gasteiger charge is -2.37. The Morgan fingerprint density at radius 1 is 1.00 bits per heavy atom. The van der Waals surface area contributed by atoms with Gasteiger partial charge in [-0.2, -0.15) is 22.2 Å². The molecular weight excluding hydrogens is 626 g/mol. The van der Waals surface area contributed by atoms with E-state index in [1.54, 1.807) is 27.7 Å². The summed E-state index contributed by atoms with van der Waals surface area (Å²) < 4.78 is 0. The molecule has 0 aliphatic carbocycles. The second kappa shape index (κ2) is 19.6. The van der Waals surface area contributed by atoms with E-state index in [0.717, 1.165) is 0 Å². The van der Waals surface area contributed by atoms with Gasteiger partial charge in [0.05, 0.1) is 23.9 Å². The van der Waals surface area contributed by atoms with E-state index in [-0.39, 0.29) is 18.4 Å². The molecule has 0 spiro atoms. The van der Waals surface area contributed by atoms with Crippen molar-refractivity contribution in [3.8, 4) is 0 Å². The molecule has 0 aromatic heterocycles. The maximum Gasteiger partial charge on any atom is 0.373 e. The third-order valence-corrected chi connectivity index (χ3v) is 8.48. The molecule has 7 N–H and O–H groups in total. The fourth-order valence-corrected chi connectivity index (χ4v) is 5.14. The zero-order chi connectivity index (χ0) is 35.9. The molecule has 16 nitrogen and oxygen atoms in total. The number of hydrogen-bond donors (Lipinski definition) is 7. The first kappa shape index (κ1) is 42.2. The van der Waals surface area contributed by atoms with Gasteiger partial charge in [0.2, 0.25) is 23.6 Å². The van der Waals surface area contributed by atoms with E-state index in [1.807, 2.05) is 6.92 Å². The van der Waals surface area contributed by atoms with E-state index in [4.69, 9.17) is 15.3 Å². The number of carbonyl (C=O) groups excluding carboxylic acids is 7. The van der Waals surface area contributed by atoms with Gasteiger partial charge >= 0.3 is 18.1 Å². The average molecular weight is 674 g/mol. The minimum atomic E-state index is -1.41. The maximum atomic E-state index is 13.9. The Bertz CT molecular complexity index is 1160. The smallest absolute Gasteiger partial charge is 0.373 e. The highest BCUT2D eigenvalue weighted by molar-refractivity contribution is 7.80. The summed E-state index contributed by atoms with van der Waals surface area (Å²) in [6.07, 6.45) is 0.415. The highest BCUT2D eigenvalue weighted by atomic mass is 32.1. The Balaban J connectivity index is 0.00000647. The van der Waals surface area contributed by atoms with Gasteiger partial charge in [0.1, 0.15) is 18.1 Å². The van der Waals surface area contributed by atoms with E-state index in [9.17, 15) is 43.8 Å². The number of aliphatic carboxylic acids is 2. The molecule has 260 valence electrons. The van der Waals surface area contributed by atoms with Crippen molar-refractivity contribution < 1.29 is 53.4 Å². The van der Waals surface area contributed by atoms with Crippen molar-refractivity contribution in [1.29, 1.82) is 0 Å². The van der Waals surface area contributed by atoms with Crippen LogP contribution >= 0.6 is 12.6 Å². The van der Waals surface area contributed by atoms with Crippen LogP contribution in [0.3, 0.4) is 0 Å². The summed E-state index contributed by atoms with van der Waals surface area (Å²) in [6.45, 7) is 10.2. The summed E-state index contributed by atoms with van der Waals surface area (Å²) in [5.74, 6) is -6.69. The van der Waals surface area contributed by atoms with E-state index < -0.39 is 102 Å². The summed E-state index contributed by atoms with van der Waals surface area (Å²) in [5.41, 5.74) is 4.18. The molecule has 0 aromatic rings. The lowest BCUT2D eigenvalue weighted by Crippen LogP contribution is -2.59. The molecule has 17 heteroatoms. The zero-order valence-electron chi connectivity index (χ0n) is 27.0. The minimum Gasteiger partial charge on any atom is -0.481 e. The van der Waals surface area contributed by atoms with Gasteiger partial charge in [-0.15, -0.1) is 0 Å². The zero-order valence-corrected chi connectivity index (χ0v) is 27.9. The lowest BCUT2D eigenvalue weighted by atomic mass is 9.71. The number of hydrogen-bond acceptors (Lipinski definition) is 11.